The van der Waals surface area contributed by atoms with Crippen LogP contribution in [0.15, 0.2) is 53.3 Å². The maximum atomic E-state index is 13.0. The number of benzene rings is 1. The predicted molar refractivity (Wildman–Crippen MR) is 155 cm³/mol. The molecule has 2 atom stereocenters. The zero-order valence-electron chi connectivity index (χ0n) is 23.0. The van der Waals surface area contributed by atoms with Crippen LogP contribution in [0.3, 0.4) is 0 Å². The molecule has 0 fully saturated rings. The summed E-state index contributed by atoms with van der Waals surface area (Å²) in [5, 5.41) is 19.1. The lowest BCUT2D eigenvalue weighted by Gasteiger charge is -2.21. The average molecular weight is 509 g/mol. The summed E-state index contributed by atoms with van der Waals surface area (Å²) in [5.41, 5.74) is 13.0. The minimum Gasteiger partial charge on any atom is -0.396 e. The largest absolute Gasteiger partial charge is 0.396 e. The topological polar surface area (TPSA) is 99.4 Å². The van der Waals surface area contributed by atoms with Gasteiger partial charge in [0.05, 0.1) is 12.2 Å². The number of hydrogen-bond acceptors (Lipinski definition) is 6. The van der Waals surface area contributed by atoms with Gasteiger partial charge in [0.1, 0.15) is 0 Å². The molecule has 1 aliphatic heterocycles. The Morgan fingerprint density at radius 3 is 2.86 bits per heavy atom. The second kappa shape index (κ2) is 15.8. The molecule has 1 aromatic carbocycles. The molecule has 6 N–H and O–H groups in total. The summed E-state index contributed by atoms with van der Waals surface area (Å²) in [6, 6.07) is 6.40. The van der Waals surface area contributed by atoms with E-state index in [0.717, 1.165) is 82.4 Å². The summed E-state index contributed by atoms with van der Waals surface area (Å²) in [5.74, 6) is 1.36. The molecule has 1 unspecified atom stereocenters. The van der Waals surface area contributed by atoms with Crippen LogP contribution in [0.4, 0.5) is 5.69 Å². The third-order valence-corrected chi connectivity index (χ3v) is 7.88. The van der Waals surface area contributed by atoms with Crippen LogP contribution in [0.1, 0.15) is 63.0 Å². The fraction of sp³-hybridized carbons (Fsp3) is 0.581. The number of Topliss-reactive ketones (excluding diaryl/α,β-unsaturated/α-hetero) is 1. The molecule has 1 aliphatic carbocycles. The van der Waals surface area contributed by atoms with Crippen molar-refractivity contribution in [3.63, 3.8) is 0 Å². The first-order valence-electron chi connectivity index (χ1n) is 14.2. The van der Waals surface area contributed by atoms with Crippen LogP contribution < -0.4 is 21.7 Å². The van der Waals surface area contributed by atoms with E-state index >= 15 is 0 Å². The summed E-state index contributed by atoms with van der Waals surface area (Å²) >= 11 is 0. The molecule has 6 heteroatoms. The number of nitrogens with two attached hydrogens (primary N) is 1. The van der Waals surface area contributed by atoms with Crippen molar-refractivity contribution in [1.29, 1.82) is 0 Å². The lowest BCUT2D eigenvalue weighted by molar-refractivity contribution is -0.114. The van der Waals surface area contributed by atoms with Crippen LogP contribution in [-0.2, 0) is 11.2 Å². The van der Waals surface area contributed by atoms with Crippen molar-refractivity contribution in [2.75, 3.05) is 44.6 Å². The Morgan fingerprint density at radius 2 is 2.05 bits per heavy atom. The molecular formula is C31H48N4O2. The summed E-state index contributed by atoms with van der Waals surface area (Å²) in [6.45, 7) is 8.22. The number of aliphatic hydroxyl groups is 1. The van der Waals surface area contributed by atoms with Gasteiger partial charge < -0.3 is 26.8 Å². The van der Waals surface area contributed by atoms with Crippen molar-refractivity contribution in [1.82, 2.24) is 10.6 Å². The molecule has 3 rings (SSSR count). The predicted octanol–water partition coefficient (Wildman–Crippen LogP) is 4.40. The van der Waals surface area contributed by atoms with E-state index in [-0.39, 0.29) is 12.4 Å². The van der Waals surface area contributed by atoms with E-state index in [0.29, 0.717) is 24.9 Å². The third kappa shape index (κ3) is 9.44. The second-order valence-corrected chi connectivity index (χ2v) is 10.7. The number of hydrogen-bond donors (Lipinski definition) is 5. The minimum atomic E-state index is 0.123. The zero-order chi connectivity index (χ0) is 26.5. The van der Waals surface area contributed by atoms with Gasteiger partial charge in [-0.3, -0.25) is 4.79 Å². The van der Waals surface area contributed by atoms with Crippen LogP contribution in [0.5, 0.6) is 0 Å². The van der Waals surface area contributed by atoms with E-state index in [1.54, 1.807) is 0 Å². The molecule has 0 saturated carbocycles. The Morgan fingerprint density at radius 1 is 1.19 bits per heavy atom. The molecule has 37 heavy (non-hydrogen) atoms. The number of carbonyl (C=O) groups excluding carboxylic acids is 1. The number of nitrogens with one attached hydrogen (secondary N) is 3. The van der Waals surface area contributed by atoms with Crippen molar-refractivity contribution in [2.24, 2.45) is 17.6 Å². The molecule has 2 aliphatic rings. The monoisotopic (exact) mass is 508 g/mol. The van der Waals surface area contributed by atoms with Crippen molar-refractivity contribution >= 4 is 11.5 Å². The molecule has 6 nitrogen and oxygen atoms in total. The van der Waals surface area contributed by atoms with E-state index in [1.165, 1.54) is 22.3 Å². The van der Waals surface area contributed by atoms with Crippen LogP contribution in [0.25, 0.3) is 0 Å². The highest BCUT2D eigenvalue weighted by molar-refractivity contribution is 5.97. The molecule has 1 aromatic rings. The number of ketones is 1. The smallest absolute Gasteiger partial charge is 0.197 e. The van der Waals surface area contributed by atoms with Crippen molar-refractivity contribution in [3.8, 4) is 0 Å². The SMILES string of the molecule is CC1=C(CN)C=CCC(Cc2cccc(NCC(=O)/C3=C/CC[C@H](CCNCCCO)CCN3)c2C)C1. The van der Waals surface area contributed by atoms with Gasteiger partial charge >= 0.3 is 0 Å². The van der Waals surface area contributed by atoms with Gasteiger partial charge in [-0.05, 0) is 113 Å². The molecule has 0 aromatic heterocycles. The molecular weight excluding hydrogens is 460 g/mol. The van der Waals surface area contributed by atoms with E-state index in [2.05, 4.69) is 66.2 Å². The fourth-order valence-corrected chi connectivity index (χ4v) is 5.50. The highest BCUT2D eigenvalue weighted by atomic mass is 16.3. The summed E-state index contributed by atoms with van der Waals surface area (Å²) in [4.78, 5) is 13.0. The normalized spacial score (nSPS) is 21.9. The van der Waals surface area contributed by atoms with Gasteiger partial charge in [-0.2, -0.15) is 0 Å². The lowest BCUT2D eigenvalue weighted by Crippen LogP contribution is -2.29. The Hall–Kier alpha value is -2.41. The minimum absolute atomic E-state index is 0.123. The van der Waals surface area contributed by atoms with Crippen LogP contribution in [-0.4, -0.2) is 50.2 Å². The molecule has 0 spiro atoms. The van der Waals surface area contributed by atoms with Crippen molar-refractivity contribution in [3.05, 3.63) is 64.4 Å². The molecule has 0 radical (unpaired) electrons. The molecule has 0 bridgehead atoms. The average Bonchev–Trinajstić information content (AvgIpc) is 3.05. The van der Waals surface area contributed by atoms with E-state index < -0.39 is 0 Å². The Kier molecular flexibility index (Phi) is 12.4. The van der Waals surface area contributed by atoms with Gasteiger partial charge in [0.25, 0.3) is 0 Å². The number of allylic oxidation sites excluding steroid dienone is 3. The Bertz CT molecular complexity index is 966. The number of carbonyl (C=O) groups is 1. The van der Waals surface area contributed by atoms with Crippen molar-refractivity contribution in [2.45, 2.75) is 65.2 Å². The van der Waals surface area contributed by atoms with Crippen LogP contribution >= 0.6 is 0 Å². The number of aliphatic hydroxyl groups excluding tert-OH is 1. The summed E-state index contributed by atoms with van der Waals surface area (Å²) < 4.78 is 0. The van der Waals surface area contributed by atoms with E-state index in [9.17, 15) is 4.79 Å². The summed E-state index contributed by atoms with van der Waals surface area (Å²) in [7, 11) is 0. The maximum Gasteiger partial charge on any atom is 0.197 e. The van der Waals surface area contributed by atoms with Gasteiger partial charge in [0.2, 0.25) is 0 Å². The lowest BCUT2D eigenvalue weighted by atomic mass is 9.88. The van der Waals surface area contributed by atoms with Gasteiger partial charge in [-0.15, -0.1) is 0 Å². The van der Waals surface area contributed by atoms with E-state index in [1.807, 2.05) is 0 Å². The molecule has 1 heterocycles. The zero-order valence-corrected chi connectivity index (χ0v) is 23.0. The molecule has 204 valence electrons. The van der Waals surface area contributed by atoms with Crippen molar-refractivity contribution < 1.29 is 9.90 Å². The standard InChI is InChI=1S/C31H48N4O2/c1-23-19-26(8-3-10-28(23)21-32)20-27-9-5-11-29(24(27)2)35-22-31(37)30-12-4-7-25(14-17-34-30)13-16-33-15-6-18-36/h3,5,9-12,25-26,33-36H,4,6-8,13-22,32H2,1-2H3/b30-12-/t25-,26?/m1/s1. The van der Waals surface area contributed by atoms with Gasteiger partial charge in [-0.1, -0.05) is 35.9 Å². The van der Waals surface area contributed by atoms with Crippen LogP contribution in [0.2, 0.25) is 0 Å². The number of rotatable bonds is 13. The molecule has 0 saturated heterocycles. The summed E-state index contributed by atoms with van der Waals surface area (Å²) in [6.07, 6.45) is 14.8. The molecule has 0 amide bonds. The number of anilines is 1. The Balaban J connectivity index is 1.49. The second-order valence-electron chi connectivity index (χ2n) is 10.7. The third-order valence-electron chi connectivity index (χ3n) is 7.88. The first-order chi connectivity index (χ1) is 18.0. The van der Waals surface area contributed by atoms with Gasteiger partial charge in [0.15, 0.2) is 5.78 Å². The maximum absolute atomic E-state index is 13.0. The Labute approximate surface area is 223 Å². The first kappa shape index (κ1) is 29.2. The first-order valence-corrected chi connectivity index (χ1v) is 14.2. The fourth-order valence-electron chi connectivity index (χ4n) is 5.50. The highest BCUT2D eigenvalue weighted by Gasteiger charge is 2.17. The van der Waals surface area contributed by atoms with Gasteiger partial charge in [0, 0.05) is 25.4 Å². The van der Waals surface area contributed by atoms with Gasteiger partial charge in [-0.25, -0.2) is 0 Å². The van der Waals surface area contributed by atoms with Crippen LogP contribution in [0, 0.1) is 18.8 Å². The highest BCUT2D eigenvalue weighted by Crippen LogP contribution is 2.29. The quantitative estimate of drug-likeness (QED) is 0.253. The van der Waals surface area contributed by atoms with E-state index in [4.69, 9.17) is 10.8 Å².